The van der Waals surface area contributed by atoms with Gasteiger partial charge in [-0.05, 0) is 31.0 Å². The zero-order valence-electron chi connectivity index (χ0n) is 16.4. The Morgan fingerprint density at radius 2 is 2.07 bits per heavy atom. The Balaban J connectivity index is 1.47. The molecule has 10 heteroatoms. The predicted octanol–water partition coefficient (Wildman–Crippen LogP) is 2.42. The zero-order chi connectivity index (χ0) is 21.1. The fraction of sp³-hybridized carbons (Fsp3) is 0.350. The first kappa shape index (κ1) is 20.7. The quantitative estimate of drug-likeness (QED) is 0.624. The first-order valence-electron chi connectivity index (χ1n) is 9.61. The Morgan fingerprint density at radius 3 is 2.90 bits per heavy atom. The molecule has 1 aliphatic heterocycles. The van der Waals surface area contributed by atoms with Crippen LogP contribution in [0.15, 0.2) is 47.4 Å². The van der Waals surface area contributed by atoms with Gasteiger partial charge in [0.25, 0.3) is 0 Å². The van der Waals surface area contributed by atoms with Crippen LogP contribution in [-0.4, -0.2) is 47.6 Å². The SMILES string of the molecule is COc1ccccc1CNC(=O)[C@@H]1CCCN(S(=O)(=O)c2cccc3nsnc23)C1. The molecule has 3 aromatic rings. The van der Waals surface area contributed by atoms with Crippen molar-refractivity contribution < 1.29 is 17.9 Å². The number of nitrogens with zero attached hydrogens (tertiary/aromatic N) is 3. The van der Waals surface area contributed by atoms with Crippen LogP contribution in [0.25, 0.3) is 11.0 Å². The molecule has 1 N–H and O–H groups in total. The van der Waals surface area contributed by atoms with Crippen molar-refractivity contribution in [3.8, 4) is 5.75 Å². The number of nitrogens with one attached hydrogen (secondary N) is 1. The normalized spacial score (nSPS) is 17.7. The fourth-order valence-corrected chi connectivity index (χ4v) is 5.96. The second kappa shape index (κ2) is 8.66. The van der Waals surface area contributed by atoms with Crippen molar-refractivity contribution in [3.05, 3.63) is 48.0 Å². The van der Waals surface area contributed by atoms with Crippen molar-refractivity contribution in [1.29, 1.82) is 0 Å². The van der Waals surface area contributed by atoms with E-state index in [4.69, 9.17) is 4.74 Å². The number of carbonyl (C=O) groups excluding carboxylic acids is 1. The molecule has 2 heterocycles. The molecule has 1 aromatic heterocycles. The largest absolute Gasteiger partial charge is 0.496 e. The van der Waals surface area contributed by atoms with Crippen LogP contribution in [0.4, 0.5) is 0 Å². The van der Waals surface area contributed by atoms with E-state index in [9.17, 15) is 13.2 Å². The maximum atomic E-state index is 13.2. The summed E-state index contributed by atoms with van der Waals surface area (Å²) >= 11 is 0.985. The predicted molar refractivity (Wildman–Crippen MR) is 114 cm³/mol. The lowest BCUT2D eigenvalue weighted by atomic mass is 9.98. The van der Waals surface area contributed by atoms with Crippen molar-refractivity contribution in [3.63, 3.8) is 0 Å². The lowest BCUT2D eigenvalue weighted by molar-refractivity contribution is -0.126. The van der Waals surface area contributed by atoms with E-state index in [1.54, 1.807) is 25.3 Å². The molecule has 1 atom stereocenters. The highest BCUT2D eigenvalue weighted by Crippen LogP contribution is 2.28. The summed E-state index contributed by atoms with van der Waals surface area (Å²) in [6.45, 7) is 0.858. The summed E-state index contributed by atoms with van der Waals surface area (Å²) in [5.41, 5.74) is 1.81. The number of rotatable bonds is 6. The number of benzene rings is 2. The number of hydrogen-bond acceptors (Lipinski definition) is 7. The number of sulfonamides is 1. The van der Waals surface area contributed by atoms with Crippen LogP contribution < -0.4 is 10.1 Å². The average Bonchev–Trinajstić information content (AvgIpc) is 3.26. The number of ether oxygens (including phenoxy) is 1. The topological polar surface area (TPSA) is 101 Å². The van der Waals surface area contributed by atoms with E-state index in [1.807, 2.05) is 24.3 Å². The number of methoxy groups -OCH3 is 1. The van der Waals surface area contributed by atoms with Gasteiger partial charge in [-0.3, -0.25) is 4.79 Å². The van der Waals surface area contributed by atoms with Gasteiger partial charge in [-0.15, -0.1) is 0 Å². The summed E-state index contributed by atoms with van der Waals surface area (Å²) in [5, 5.41) is 2.92. The monoisotopic (exact) mass is 446 g/mol. The number of hydrogen-bond donors (Lipinski definition) is 1. The van der Waals surface area contributed by atoms with Crippen LogP contribution in [0.1, 0.15) is 18.4 Å². The Kier molecular flexibility index (Phi) is 5.98. The summed E-state index contributed by atoms with van der Waals surface area (Å²) in [5.74, 6) is 0.140. The molecule has 1 aliphatic rings. The highest BCUT2D eigenvalue weighted by molar-refractivity contribution is 7.89. The molecule has 0 spiro atoms. The Hall–Kier alpha value is -2.56. The molecule has 0 aliphatic carbocycles. The molecule has 1 saturated heterocycles. The average molecular weight is 447 g/mol. The molecule has 158 valence electrons. The minimum absolute atomic E-state index is 0.142. The van der Waals surface area contributed by atoms with Gasteiger partial charge in [0, 0.05) is 25.2 Å². The van der Waals surface area contributed by atoms with Crippen molar-refractivity contribution in [2.75, 3.05) is 20.2 Å². The molecule has 30 heavy (non-hydrogen) atoms. The van der Waals surface area contributed by atoms with Crippen molar-refractivity contribution in [2.24, 2.45) is 5.92 Å². The van der Waals surface area contributed by atoms with Crippen molar-refractivity contribution >= 4 is 38.7 Å². The Bertz CT molecular complexity index is 1160. The van der Waals surface area contributed by atoms with Crippen LogP contribution >= 0.6 is 11.7 Å². The highest BCUT2D eigenvalue weighted by Gasteiger charge is 2.34. The van der Waals surface area contributed by atoms with Gasteiger partial charge in [-0.25, -0.2) is 8.42 Å². The molecule has 4 rings (SSSR count). The number of para-hydroxylation sites is 1. The van der Waals surface area contributed by atoms with E-state index in [0.717, 1.165) is 17.3 Å². The van der Waals surface area contributed by atoms with Gasteiger partial charge in [0.1, 0.15) is 21.7 Å². The maximum Gasteiger partial charge on any atom is 0.245 e. The van der Waals surface area contributed by atoms with Crippen molar-refractivity contribution in [1.82, 2.24) is 18.4 Å². The van der Waals surface area contributed by atoms with Crippen molar-refractivity contribution in [2.45, 2.75) is 24.3 Å². The fourth-order valence-electron chi connectivity index (χ4n) is 3.68. The molecule has 0 unspecified atom stereocenters. The molecule has 0 bridgehead atoms. The summed E-state index contributed by atoms with van der Waals surface area (Å²) in [6.07, 6.45) is 1.27. The number of amides is 1. The van der Waals surface area contributed by atoms with Gasteiger partial charge in [0.05, 0.1) is 24.8 Å². The Labute approximate surface area is 179 Å². The summed E-state index contributed by atoms with van der Waals surface area (Å²) in [6, 6.07) is 12.4. The van der Waals surface area contributed by atoms with Gasteiger partial charge in [-0.1, -0.05) is 24.3 Å². The van der Waals surface area contributed by atoms with E-state index >= 15 is 0 Å². The first-order chi connectivity index (χ1) is 14.5. The van der Waals surface area contributed by atoms with E-state index in [0.29, 0.717) is 42.7 Å². The minimum Gasteiger partial charge on any atom is -0.496 e. The second-order valence-electron chi connectivity index (χ2n) is 7.12. The smallest absolute Gasteiger partial charge is 0.245 e. The molecule has 0 saturated carbocycles. The van der Waals surface area contributed by atoms with Crippen LogP contribution in [-0.2, 0) is 21.4 Å². The van der Waals surface area contributed by atoms with E-state index < -0.39 is 15.9 Å². The van der Waals surface area contributed by atoms with Gasteiger partial charge < -0.3 is 10.1 Å². The molecule has 0 radical (unpaired) electrons. The number of piperidine rings is 1. The number of fused-ring (bicyclic) bond motifs is 1. The molecule has 1 amide bonds. The third kappa shape index (κ3) is 4.03. The van der Waals surface area contributed by atoms with Crippen LogP contribution in [0.3, 0.4) is 0 Å². The van der Waals surface area contributed by atoms with Crippen LogP contribution in [0, 0.1) is 5.92 Å². The minimum atomic E-state index is -3.77. The maximum absolute atomic E-state index is 13.2. The number of carbonyl (C=O) groups is 1. The van der Waals surface area contributed by atoms with E-state index in [-0.39, 0.29) is 17.3 Å². The van der Waals surface area contributed by atoms with Gasteiger partial charge >= 0.3 is 0 Å². The second-order valence-corrected chi connectivity index (χ2v) is 9.55. The summed E-state index contributed by atoms with van der Waals surface area (Å²) in [7, 11) is -2.18. The van der Waals surface area contributed by atoms with Crippen LogP contribution in [0.5, 0.6) is 5.75 Å². The van der Waals surface area contributed by atoms with Gasteiger partial charge in [0.15, 0.2) is 0 Å². The van der Waals surface area contributed by atoms with E-state index in [2.05, 4.69) is 14.1 Å². The van der Waals surface area contributed by atoms with E-state index in [1.165, 1.54) is 4.31 Å². The molecular weight excluding hydrogens is 424 g/mol. The Morgan fingerprint density at radius 1 is 1.23 bits per heavy atom. The highest BCUT2D eigenvalue weighted by atomic mass is 32.2. The first-order valence-corrected chi connectivity index (χ1v) is 11.8. The molecular formula is C20H22N4O4S2. The van der Waals surface area contributed by atoms with Crippen LogP contribution in [0.2, 0.25) is 0 Å². The lowest BCUT2D eigenvalue weighted by Crippen LogP contribution is -2.45. The molecule has 8 nitrogen and oxygen atoms in total. The zero-order valence-corrected chi connectivity index (χ0v) is 18.1. The summed E-state index contributed by atoms with van der Waals surface area (Å²) < 4.78 is 41.5. The lowest BCUT2D eigenvalue weighted by Gasteiger charge is -2.31. The number of aromatic nitrogens is 2. The third-order valence-corrected chi connectivity index (χ3v) is 7.71. The molecule has 2 aromatic carbocycles. The molecule has 1 fully saturated rings. The van der Waals surface area contributed by atoms with Gasteiger partial charge in [-0.2, -0.15) is 13.1 Å². The van der Waals surface area contributed by atoms with Gasteiger partial charge in [0.2, 0.25) is 15.9 Å². The summed E-state index contributed by atoms with van der Waals surface area (Å²) in [4.78, 5) is 12.9. The third-order valence-electron chi connectivity index (χ3n) is 5.27. The standard InChI is InChI=1S/C20H22N4O4S2/c1-28-17-9-3-2-6-14(17)12-21-20(25)15-7-5-11-24(13-15)30(26,27)18-10-4-8-16-19(18)23-29-22-16/h2-4,6,8-10,15H,5,7,11-13H2,1H3,(H,21,25)/t15-/m1/s1.